The highest BCUT2D eigenvalue weighted by atomic mass is 16.5. The first-order valence-electron chi connectivity index (χ1n) is 9.29. The SMILES string of the molecule is COc1cnc(Nc2cccc3[nH]nnc23)cc1OCCCN1CCCC1. The molecule has 0 radical (unpaired) electrons. The van der Waals surface area contributed by atoms with E-state index in [4.69, 9.17) is 9.47 Å². The number of hydrogen-bond acceptors (Lipinski definition) is 7. The number of nitrogens with zero attached hydrogens (tertiary/aromatic N) is 4. The van der Waals surface area contributed by atoms with Crippen molar-refractivity contribution < 1.29 is 9.47 Å². The van der Waals surface area contributed by atoms with Gasteiger partial charge in [0.05, 0.1) is 31.1 Å². The van der Waals surface area contributed by atoms with E-state index in [1.807, 2.05) is 24.3 Å². The number of anilines is 2. The maximum absolute atomic E-state index is 5.97. The summed E-state index contributed by atoms with van der Waals surface area (Å²) in [6, 6.07) is 7.65. The highest BCUT2D eigenvalue weighted by molar-refractivity contribution is 5.89. The van der Waals surface area contributed by atoms with Gasteiger partial charge >= 0.3 is 0 Å². The van der Waals surface area contributed by atoms with Gasteiger partial charge in [-0.05, 0) is 44.5 Å². The summed E-state index contributed by atoms with van der Waals surface area (Å²) in [5, 5.41) is 14.1. The largest absolute Gasteiger partial charge is 0.491 e. The van der Waals surface area contributed by atoms with E-state index in [1.165, 1.54) is 25.9 Å². The number of aromatic nitrogens is 4. The first kappa shape index (κ1) is 17.5. The highest BCUT2D eigenvalue weighted by Gasteiger charge is 2.12. The highest BCUT2D eigenvalue weighted by Crippen LogP contribution is 2.30. The Kier molecular flexibility index (Phi) is 5.34. The van der Waals surface area contributed by atoms with Gasteiger partial charge in [0.15, 0.2) is 11.5 Å². The number of benzene rings is 1. The van der Waals surface area contributed by atoms with Crippen molar-refractivity contribution in [1.29, 1.82) is 0 Å². The van der Waals surface area contributed by atoms with Crippen LogP contribution in [0.5, 0.6) is 11.5 Å². The Bertz CT molecular complexity index is 891. The van der Waals surface area contributed by atoms with E-state index >= 15 is 0 Å². The van der Waals surface area contributed by atoms with Crippen molar-refractivity contribution >= 4 is 22.5 Å². The van der Waals surface area contributed by atoms with Crippen LogP contribution < -0.4 is 14.8 Å². The smallest absolute Gasteiger partial charge is 0.179 e. The van der Waals surface area contributed by atoms with Crippen molar-refractivity contribution in [3.8, 4) is 11.5 Å². The summed E-state index contributed by atoms with van der Waals surface area (Å²) in [6.45, 7) is 4.14. The molecule has 1 fully saturated rings. The van der Waals surface area contributed by atoms with Crippen LogP contribution in [0.15, 0.2) is 30.5 Å². The predicted octanol–water partition coefficient (Wildman–Crippen LogP) is 2.97. The normalized spacial score (nSPS) is 14.6. The Balaban J connectivity index is 1.43. The quantitative estimate of drug-likeness (QED) is 0.591. The fourth-order valence-corrected chi connectivity index (χ4v) is 3.34. The summed E-state index contributed by atoms with van der Waals surface area (Å²) in [5.41, 5.74) is 2.47. The van der Waals surface area contributed by atoms with Crippen molar-refractivity contribution in [3.05, 3.63) is 30.5 Å². The van der Waals surface area contributed by atoms with Gasteiger partial charge in [0.2, 0.25) is 0 Å². The summed E-state index contributed by atoms with van der Waals surface area (Å²) in [5.74, 6) is 1.98. The molecule has 1 aliphatic heterocycles. The fraction of sp³-hybridized carbons (Fsp3) is 0.421. The van der Waals surface area contributed by atoms with Crippen molar-refractivity contribution in [2.45, 2.75) is 19.3 Å². The zero-order chi connectivity index (χ0) is 18.5. The molecule has 3 aromatic rings. The van der Waals surface area contributed by atoms with Gasteiger partial charge in [-0.1, -0.05) is 11.3 Å². The minimum absolute atomic E-state index is 0.626. The molecule has 3 heterocycles. The molecule has 8 heteroatoms. The zero-order valence-corrected chi connectivity index (χ0v) is 15.4. The van der Waals surface area contributed by atoms with E-state index in [2.05, 4.69) is 30.6 Å². The van der Waals surface area contributed by atoms with Crippen LogP contribution >= 0.6 is 0 Å². The van der Waals surface area contributed by atoms with Crippen molar-refractivity contribution in [2.75, 3.05) is 38.7 Å². The molecule has 4 rings (SSSR count). The summed E-state index contributed by atoms with van der Waals surface area (Å²) in [7, 11) is 1.62. The van der Waals surface area contributed by atoms with Crippen molar-refractivity contribution in [3.63, 3.8) is 0 Å². The third-order valence-electron chi connectivity index (χ3n) is 4.75. The predicted molar refractivity (Wildman–Crippen MR) is 104 cm³/mol. The molecular formula is C19H24N6O2. The van der Waals surface area contributed by atoms with Crippen LogP contribution in [0.3, 0.4) is 0 Å². The lowest BCUT2D eigenvalue weighted by atomic mass is 10.2. The standard InChI is InChI=1S/C19H24N6O2/c1-26-17-13-20-18(21-14-6-4-7-15-19(14)23-24-22-15)12-16(17)27-11-5-10-25-8-2-3-9-25/h4,6-7,12-13H,2-3,5,8-11H2,1H3,(H,20,21)(H,22,23,24). The molecule has 2 aromatic heterocycles. The van der Waals surface area contributed by atoms with Gasteiger partial charge < -0.3 is 19.7 Å². The first-order valence-corrected chi connectivity index (χ1v) is 9.29. The first-order chi connectivity index (χ1) is 13.3. The van der Waals surface area contributed by atoms with Crippen LogP contribution in [-0.2, 0) is 0 Å². The van der Waals surface area contributed by atoms with E-state index in [0.29, 0.717) is 23.9 Å². The fourth-order valence-electron chi connectivity index (χ4n) is 3.34. The Morgan fingerprint density at radius 3 is 2.96 bits per heavy atom. The van der Waals surface area contributed by atoms with E-state index < -0.39 is 0 Å². The lowest BCUT2D eigenvalue weighted by molar-refractivity contribution is 0.254. The van der Waals surface area contributed by atoms with Gasteiger partial charge in [-0.2, -0.15) is 0 Å². The number of aromatic amines is 1. The number of likely N-dealkylation sites (tertiary alicyclic amines) is 1. The average molecular weight is 368 g/mol. The van der Waals surface area contributed by atoms with Gasteiger partial charge in [0.25, 0.3) is 0 Å². The van der Waals surface area contributed by atoms with Crippen molar-refractivity contribution in [1.82, 2.24) is 25.3 Å². The minimum Gasteiger partial charge on any atom is -0.491 e. The molecule has 0 amide bonds. The van der Waals surface area contributed by atoms with E-state index in [1.54, 1.807) is 13.3 Å². The number of hydrogen-bond donors (Lipinski definition) is 2. The second-order valence-electron chi connectivity index (χ2n) is 6.61. The van der Waals surface area contributed by atoms with Crippen LogP contribution in [0.1, 0.15) is 19.3 Å². The molecule has 0 aliphatic carbocycles. The lowest BCUT2D eigenvalue weighted by Gasteiger charge is -2.16. The zero-order valence-electron chi connectivity index (χ0n) is 15.4. The number of H-pyrrole nitrogens is 1. The summed E-state index contributed by atoms with van der Waals surface area (Å²) in [4.78, 5) is 6.89. The van der Waals surface area contributed by atoms with E-state index in [0.717, 1.165) is 29.7 Å². The van der Waals surface area contributed by atoms with E-state index in [-0.39, 0.29) is 0 Å². The summed E-state index contributed by atoms with van der Waals surface area (Å²) < 4.78 is 11.4. The molecule has 0 bridgehead atoms. The lowest BCUT2D eigenvalue weighted by Crippen LogP contribution is -2.21. The van der Waals surface area contributed by atoms with Gasteiger partial charge in [-0.15, -0.1) is 5.10 Å². The van der Waals surface area contributed by atoms with Crippen LogP contribution in [-0.4, -0.2) is 58.6 Å². The van der Waals surface area contributed by atoms with Crippen LogP contribution in [0.2, 0.25) is 0 Å². The minimum atomic E-state index is 0.626. The third-order valence-corrected chi connectivity index (χ3v) is 4.75. The molecule has 0 saturated carbocycles. The Hall–Kier alpha value is -2.87. The molecular weight excluding hydrogens is 344 g/mol. The molecule has 2 N–H and O–H groups in total. The maximum Gasteiger partial charge on any atom is 0.179 e. The van der Waals surface area contributed by atoms with E-state index in [9.17, 15) is 0 Å². The van der Waals surface area contributed by atoms with Gasteiger partial charge in [0.1, 0.15) is 11.3 Å². The molecule has 1 aliphatic rings. The monoisotopic (exact) mass is 368 g/mol. The molecule has 1 saturated heterocycles. The molecule has 0 spiro atoms. The van der Waals surface area contributed by atoms with Gasteiger partial charge in [-0.3, -0.25) is 5.10 Å². The number of methoxy groups -OCH3 is 1. The number of pyridine rings is 1. The third kappa shape index (κ3) is 4.11. The second kappa shape index (κ2) is 8.22. The van der Waals surface area contributed by atoms with Gasteiger partial charge in [0, 0.05) is 12.6 Å². The molecule has 1 aromatic carbocycles. The number of ether oxygens (including phenoxy) is 2. The molecule has 0 atom stereocenters. The van der Waals surface area contributed by atoms with Crippen LogP contribution in [0.25, 0.3) is 11.0 Å². The number of fused-ring (bicyclic) bond motifs is 1. The Morgan fingerprint density at radius 1 is 1.22 bits per heavy atom. The average Bonchev–Trinajstić information content (AvgIpc) is 3.37. The summed E-state index contributed by atoms with van der Waals surface area (Å²) in [6.07, 6.45) is 5.28. The Morgan fingerprint density at radius 2 is 2.11 bits per heavy atom. The van der Waals surface area contributed by atoms with Crippen LogP contribution in [0.4, 0.5) is 11.5 Å². The number of nitrogens with one attached hydrogen (secondary N) is 2. The molecule has 0 unspecified atom stereocenters. The molecule has 142 valence electrons. The van der Waals surface area contributed by atoms with Crippen LogP contribution in [0, 0.1) is 0 Å². The van der Waals surface area contributed by atoms with Gasteiger partial charge in [-0.25, -0.2) is 4.98 Å². The maximum atomic E-state index is 5.97. The Labute approximate surface area is 157 Å². The second-order valence-corrected chi connectivity index (χ2v) is 6.61. The molecule has 27 heavy (non-hydrogen) atoms. The van der Waals surface area contributed by atoms with Crippen molar-refractivity contribution in [2.24, 2.45) is 0 Å². The topological polar surface area (TPSA) is 88.2 Å². The number of rotatable bonds is 8. The summed E-state index contributed by atoms with van der Waals surface area (Å²) >= 11 is 0. The molecule has 8 nitrogen and oxygen atoms in total.